The first-order valence-corrected chi connectivity index (χ1v) is 9.93. The quantitative estimate of drug-likeness (QED) is 0.846. The summed E-state index contributed by atoms with van der Waals surface area (Å²) in [6, 6.07) is 7.07. The molecule has 1 fully saturated rings. The lowest BCUT2D eigenvalue weighted by atomic mass is 10.1. The van der Waals surface area contributed by atoms with Gasteiger partial charge in [-0.3, -0.25) is 9.36 Å². The van der Waals surface area contributed by atoms with E-state index in [0.29, 0.717) is 24.0 Å². The smallest absolute Gasteiger partial charge is 0.261 e. The third-order valence-electron chi connectivity index (χ3n) is 4.38. The highest BCUT2D eigenvalue weighted by molar-refractivity contribution is 7.89. The molecule has 0 N–H and O–H groups in total. The molecule has 0 bridgehead atoms. The van der Waals surface area contributed by atoms with Gasteiger partial charge < -0.3 is 0 Å². The molecule has 2 aromatic rings. The molecule has 2 heterocycles. The molecule has 1 aromatic heterocycles. The number of piperidine rings is 1. The lowest BCUT2D eigenvalue weighted by molar-refractivity contribution is 0.261. The highest BCUT2D eigenvalue weighted by atomic mass is 32.2. The summed E-state index contributed by atoms with van der Waals surface area (Å²) in [4.78, 5) is 17.1. The Morgan fingerprint density at radius 3 is 2.79 bits per heavy atom. The van der Waals surface area contributed by atoms with Crippen molar-refractivity contribution in [1.82, 2.24) is 13.9 Å². The molecule has 0 amide bonds. The van der Waals surface area contributed by atoms with Crippen molar-refractivity contribution < 1.29 is 8.42 Å². The van der Waals surface area contributed by atoms with Gasteiger partial charge in [-0.1, -0.05) is 26.0 Å². The second-order valence-electron chi connectivity index (χ2n) is 6.80. The molecule has 3 rings (SSSR count). The summed E-state index contributed by atoms with van der Waals surface area (Å²) < 4.78 is 28.1. The average Bonchev–Trinajstić information content (AvgIpc) is 2.54. The summed E-state index contributed by atoms with van der Waals surface area (Å²) >= 11 is 0. The van der Waals surface area contributed by atoms with Gasteiger partial charge in [0.15, 0.2) is 0 Å². The zero-order chi connectivity index (χ0) is 17.3. The molecular weight excluding hydrogens is 326 g/mol. The molecule has 24 heavy (non-hydrogen) atoms. The maximum atomic E-state index is 12.7. The zero-order valence-corrected chi connectivity index (χ0v) is 14.9. The Hall–Kier alpha value is -1.73. The molecule has 1 aliphatic rings. The van der Waals surface area contributed by atoms with E-state index >= 15 is 0 Å². The number of nitrogens with zero attached hydrogens (tertiary/aromatic N) is 3. The fraction of sp³-hybridized carbons (Fsp3) is 0.529. The SMILES string of the molecule is CC(C)CS(=O)(=O)N1CCC[C@H](n2cnc3ccccc3c2=O)C1. The summed E-state index contributed by atoms with van der Waals surface area (Å²) in [7, 11) is -3.28. The van der Waals surface area contributed by atoms with Crippen LogP contribution in [0.4, 0.5) is 0 Å². The van der Waals surface area contributed by atoms with Gasteiger partial charge in [0.1, 0.15) is 0 Å². The number of sulfonamides is 1. The Labute approximate surface area is 142 Å². The van der Waals surface area contributed by atoms with Crippen LogP contribution in [0.5, 0.6) is 0 Å². The number of fused-ring (bicyclic) bond motifs is 1. The maximum Gasteiger partial charge on any atom is 0.261 e. The van der Waals surface area contributed by atoms with Crippen LogP contribution >= 0.6 is 0 Å². The minimum absolute atomic E-state index is 0.0837. The van der Waals surface area contributed by atoms with Crippen LogP contribution in [0, 0.1) is 5.92 Å². The Bertz CT molecular complexity index is 889. The first-order valence-electron chi connectivity index (χ1n) is 8.32. The van der Waals surface area contributed by atoms with Crippen LogP contribution in [-0.4, -0.2) is 41.1 Å². The molecule has 0 saturated carbocycles. The van der Waals surface area contributed by atoms with E-state index in [1.54, 1.807) is 23.0 Å². The molecule has 1 aromatic carbocycles. The van der Waals surface area contributed by atoms with Crippen molar-refractivity contribution in [2.75, 3.05) is 18.8 Å². The largest absolute Gasteiger partial charge is 0.294 e. The van der Waals surface area contributed by atoms with Crippen molar-refractivity contribution in [3.05, 3.63) is 40.9 Å². The highest BCUT2D eigenvalue weighted by Gasteiger charge is 2.30. The van der Waals surface area contributed by atoms with E-state index in [-0.39, 0.29) is 23.3 Å². The van der Waals surface area contributed by atoms with Crippen molar-refractivity contribution in [2.45, 2.75) is 32.7 Å². The normalized spacial score (nSPS) is 19.9. The van der Waals surface area contributed by atoms with Crippen molar-refractivity contribution in [1.29, 1.82) is 0 Å². The van der Waals surface area contributed by atoms with Crippen LogP contribution in [0.25, 0.3) is 10.9 Å². The van der Waals surface area contributed by atoms with Gasteiger partial charge in [0.25, 0.3) is 5.56 Å². The lowest BCUT2D eigenvalue weighted by Gasteiger charge is -2.33. The fourth-order valence-corrected chi connectivity index (χ4v) is 5.13. The topological polar surface area (TPSA) is 72.3 Å². The molecule has 0 aliphatic carbocycles. The monoisotopic (exact) mass is 349 g/mol. The maximum absolute atomic E-state index is 12.7. The van der Waals surface area contributed by atoms with Gasteiger partial charge in [-0.25, -0.2) is 13.4 Å². The van der Waals surface area contributed by atoms with E-state index < -0.39 is 10.0 Å². The van der Waals surface area contributed by atoms with Crippen LogP contribution in [-0.2, 0) is 10.0 Å². The Morgan fingerprint density at radius 2 is 2.04 bits per heavy atom. The Kier molecular flexibility index (Phi) is 4.73. The molecular formula is C17H23N3O3S. The van der Waals surface area contributed by atoms with E-state index in [1.165, 1.54) is 4.31 Å². The summed E-state index contributed by atoms with van der Waals surface area (Å²) in [6.07, 6.45) is 3.09. The standard InChI is InChI=1S/C17H23N3O3S/c1-13(2)11-24(22,23)19-9-5-6-14(10-19)20-12-18-16-8-4-3-7-15(16)17(20)21/h3-4,7-8,12-14H,5-6,9-11H2,1-2H3/t14-/m0/s1. The zero-order valence-electron chi connectivity index (χ0n) is 14.1. The van der Waals surface area contributed by atoms with Gasteiger partial charge in [-0.15, -0.1) is 0 Å². The van der Waals surface area contributed by atoms with Crippen LogP contribution in [0.2, 0.25) is 0 Å². The third kappa shape index (κ3) is 3.37. The van der Waals surface area contributed by atoms with Crippen LogP contribution in [0.1, 0.15) is 32.7 Å². The molecule has 0 unspecified atom stereocenters. The van der Waals surface area contributed by atoms with Gasteiger partial charge in [0.2, 0.25) is 10.0 Å². The minimum Gasteiger partial charge on any atom is -0.294 e. The first kappa shape index (κ1) is 17.1. The molecule has 0 spiro atoms. The molecule has 6 nitrogen and oxygen atoms in total. The van der Waals surface area contributed by atoms with Crippen molar-refractivity contribution >= 4 is 20.9 Å². The van der Waals surface area contributed by atoms with E-state index in [0.717, 1.165) is 12.8 Å². The highest BCUT2D eigenvalue weighted by Crippen LogP contribution is 2.23. The second-order valence-corrected chi connectivity index (χ2v) is 8.81. The first-order chi connectivity index (χ1) is 11.4. The number of aromatic nitrogens is 2. The van der Waals surface area contributed by atoms with Gasteiger partial charge in [0, 0.05) is 13.1 Å². The summed E-state index contributed by atoms with van der Waals surface area (Å²) in [6.45, 7) is 4.67. The summed E-state index contributed by atoms with van der Waals surface area (Å²) in [5.41, 5.74) is 0.563. The van der Waals surface area contributed by atoms with Crippen molar-refractivity contribution in [3.8, 4) is 0 Å². The van der Waals surface area contributed by atoms with Crippen LogP contribution in [0.15, 0.2) is 35.4 Å². The van der Waals surface area contributed by atoms with Gasteiger partial charge >= 0.3 is 0 Å². The molecule has 1 atom stereocenters. The molecule has 0 radical (unpaired) electrons. The summed E-state index contributed by atoms with van der Waals surface area (Å²) in [5, 5.41) is 0.571. The number of para-hydroxylation sites is 1. The molecule has 1 saturated heterocycles. The van der Waals surface area contributed by atoms with Crippen molar-refractivity contribution in [2.24, 2.45) is 5.92 Å². The lowest BCUT2D eigenvalue weighted by Crippen LogP contribution is -2.44. The van der Waals surface area contributed by atoms with Crippen LogP contribution in [0.3, 0.4) is 0 Å². The van der Waals surface area contributed by atoms with Gasteiger partial charge in [-0.2, -0.15) is 4.31 Å². The average molecular weight is 349 g/mol. The fourth-order valence-electron chi connectivity index (χ4n) is 3.27. The third-order valence-corrected chi connectivity index (χ3v) is 6.59. The number of hydrogen-bond acceptors (Lipinski definition) is 4. The van der Waals surface area contributed by atoms with Crippen LogP contribution < -0.4 is 5.56 Å². The predicted octanol–water partition coefficient (Wildman–Crippen LogP) is 2.02. The van der Waals surface area contributed by atoms with Crippen molar-refractivity contribution in [3.63, 3.8) is 0 Å². The number of rotatable bonds is 4. The Balaban J connectivity index is 1.90. The Morgan fingerprint density at radius 1 is 1.29 bits per heavy atom. The number of hydrogen-bond donors (Lipinski definition) is 0. The van der Waals surface area contributed by atoms with E-state index in [9.17, 15) is 13.2 Å². The second kappa shape index (κ2) is 6.64. The molecule has 7 heteroatoms. The molecule has 130 valence electrons. The predicted molar refractivity (Wildman–Crippen MR) is 94.5 cm³/mol. The summed E-state index contributed by atoms with van der Waals surface area (Å²) in [5.74, 6) is 0.227. The van der Waals surface area contributed by atoms with Gasteiger partial charge in [0.05, 0.1) is 29.0 Å². The van der Waals surface area contributed by atoms with Gasteiger partial charge in [-0.05, 0) is 30.9 Å². The number of benzene rings is 1. The van der Waals surface area contributed by atoms with E-state index in [2.05, 4.69) is 4.98 Å². The van der Waals surface area contributed by atoms with E-state index in [4.69, 9.17) is 0 Å². The minimum atomic E-state index is -3.28. The van der Waals surface area contributed by atoms with E-state index in [1.807, 2.05) is 26.0 Å². The molecule has 1 aliphatic heterocycles.